The minimum atomic E-state index is -0.954. The summed E-state index contributed by atoms with van der Waals surface area (Å²) in [5.74, 6) is -0.427. The van der Waals surface area contributed by atoms with Crippen LogP contribution in [0.1, 0.15) is 51.9 Å². The molecule has 0 atom stereocenters. The molecular formula is C27H29BrN4O5. The maximum absolute atomic E-state index is 12.9. The highest BCUT2D eigenvalue weighted by Crippen LogP contribution is 2.24. The number of carbonyl (C=O) groups is 3. The molecule has 0 fully saturated rings. The van der Waals surface area contributed by atoms with Crippen molar-refractivity contribution < 1.29 is 23.9 Å². The number of imide groups is 1. The molecule has 10 heteroatoms. The van der Waals surface area contributed by atoms with Gasteiger partial charge in [-0.3, -0.25) is 4.79 Å². The average Bonchev–Trinajstić information content (AvgIpc) is 2.78. The molecule has 194 valence electrons. The van der Waals surface area contributed by atoms with E-state index in [1.165, 1.54) is 6.20 Å². The Balaban J connectivity index is 1.85. The summed E-state index contributed by atoms with van der Waals surface area (Å²) in [7, 11) is 0. The molecule has 3 amide bonds. The van der Waals surface area contributed by atoms with Crippen molar-refractivity contribution in [3.8, 4) is 11.3 Å². The molecule has 0 radical (unpaired) electrons. The van der Waals surface area contributed by atoms with Gasteiger partial charge in [-0.15, -0.1) is 4.90 Å². The molecule has 0 aliphatic heterocycles. The fraction of sp³-hybridized carbons (Fsp3) is 0.296. The molecular weight excluding hydrogens is 540 g/mol. The van der Waals surface area contributed by atoms with Crippen LogP contribution in [-0.4, -0.2) is 39.3 Å². The first kappa shape index (κ1) is 27.8. The number of rotatable bonds is 4. The Morgan fingerprint density at radius 3 is 1.86 bits per heavy atom. The third-order valence-corrected chi connectivity index (χ3v) is 5.07. The Labute approximate surface area is 224 Å². The topological polar surface area (TPSA) is 111 Å². The number of halogens is 1. The minimum absolute atomic E-state index is 0.186. The second-order valence-electron chi connectivity index (χ2n) is 10.1. The van der Waals surface area contributed by atoms with Crippen LogP contribution in [0.4, 0.5) is 21.2 Å². The van der Waals surface area contributed by atoms with E-state index in [0.29, 0.717) is 27.4 Å². The zero-order chi connectivity index (χ0) is 27.4. The van der Waals surface area contributed by atoms with Crippen LogP contribution in [-0.2, 0) is 9.47 Å². The Morgan fingerprint density at radius 2 is 1.35 bits per heavy atom. The van der Waals surface area contributed by atoms with E-state index in [0.717, 1.165) is 4.47 Å². The Bertz CT molecular complexity index is 1250. The fourth-order valence-corrected chi connectivity index (χ4v) is 3.26. The Hall–Kier alpha value is -3.79. The maximum Gasteiger partial charge on any atom is 0.427 e. The molecule has 1 aromatic heterocycles. The van der Waals surface area contributed by atoms with Gasteiger partial charge in [0.15, 0.2) is 0 Å². The van der Waals surface area contributed by atoms with Crippen molar-refractivity contribution in [3.63, 3.8) is 0 Å². The Morgan fingerprint density at radius 1 is 0.811 bits per heavy atom. The van der Waals surface area contributed by atoms with Crippen LogP contribution in [0.15, 0.2) is 65.3 Å². The van der Waals surface area contributed by atoms with Crippen molar-refractivity contribution in [3.05, 3.63) is 70.8 Å². The van der Waals surface area contributed by atoms with Gasteiger partial charge in [-0.25, -0.2) is 19.6 Å². The molecule has 1 N–H and O–H groups in total. The maximum atomic E-state index is 12.9. The third-order valence-electron chi connectivity index (χ3n) is 4.54. The molecule has 3 rings (SSSR count). The van der Waals surface area contributed by atoms with E-state index < -0.39 is 23.4 Å². The number of amides is 3. The van der Waals surface area contributed by atoms with Gasteiger partial charge in [0.25, 0.3) is 5.91 Å². The first-order valence-corrected chi connectivity index (χ1v) is 12.3. The van der Waals surface area contributed by atoms with E-state index in [9.17, 15) is 14.4 Å². The van der Waals surface area contributed by atoms with E-state index in [1.54, 1.807) is 96.1 Å². The Kier molecular flexibility index (Phi) is 8.32. The van der Waals surface area contributed by atoms with Crippen molar-refractivity contribution >= 4 is 45.7 Å². The zero-order valence-corrected chi connectivity index (χ0v) is 23.1. The highest BCUT2D eigenvalue weighted by molar-refractivity contribution is 9.10. The summed E-state index contributed by atoms with van der Waals surface area (Å²) in [4.78, 5) is 47.5. The molecule has 0 aliphatic rings. The van der Waals surface area contributed by atoms with Gasteiger partial charge in [-0.2, -0.15) is 0 Å². The molecule has 0 unspecified atom stereocenters. The number of nitrogens with zero attached hydrogens (tertiary/aromatic N) is 3. The first-order valence-electron chi connectivity index (χ1n) is 11.5. The predicted octanol–water partition coefficient (Wildman–Crippen LogP) is 6.84. The van der Waals surface area contributed by atoms with Gasteiger partial charge in [0.2, 0.25) is 5.95 Å². The molecule has 0 saturated heterocycles. The SMILES string of the molecule is CC(C)(C)OC(=O)N(C(=O)OC(C)(C)C)c1nccc(-c2ccc(NC(=O)c3ccc(Br)cc3)cc2)n1. The van der Waals surface area contributed by atoms with E-state index in [2.05, 4.69) is 31.2 Å². The molecule has 2 aromatic carbocycles. The van der Waals surface area contributed by atoms with Gasteiger partial charge < -0.3 is 14.8 Å². The second-order valence-corrected chi connectivity index (χ2v) is 11.0. The van der Waals surface area contributed by atoms with Crippen LogP contribution >= 0.6 is 15.9 Å². The van der Waals surface area contributed by atoms with Gasteiger partial charge >= 0.3 is 12.2 Å². The van der Waals surface area contributed by atoms with Crippen LogP contribution in [0, 0.1) is 0 Å². The van der Waals surface area contributed by atoms with Crippen LogP contribution in [0.25, 0.3) is 11.3 Å². The monoisotopic (exact) mass is 568 g/mol. The average molecular weight is 569 g/mol. The van der Waals surface area contributed by atoms with Crippen LogP contribution in [0.5, 0.6) is 0 Å². The summed E-state index contributed by atoms with van der Waals surface area (Å²) >= 11 is 3.35. The van der Waals surface area contributed by atoms with Crippen molar-refractivity contribution in [2.24, 2.45) is 0 Å². The van der Waals surface area contributed by atoms with Crippen molar-refractivity contribution in [1.82, 2.24) is 9.97 Å². The third kappa shape index (κ3) is 8.11. The van der Waals surface area contributed by atoms with Crippen LogP contribution in [0.2, 0.25) is 0 Å². The standard InChI is InChI=1S/C27H29BrN4O5/c1-26(2,3)36-24(34)32(25(35)37-27(4,5)6)23-29-16-15-21(31-23)17-9-13-20(14-10-17)30-22(33)18-7-11-19(28)12-8-18/h7-16H,1-6H3,(H,30,33). The molecule has 0 saturated carbocycles. The summed E-state index contributed by atoms with van der Waals surface area (Å²) < 4.78 is 11.7. The summed E-state index contributed by atoms with van der Waals surface area (Å²) in [6.45, 7) is 10.1. The van der Waals surface area contributed by atoms with Crippen molar-refractivity contribution in [1.29, 1.82) is 0 Å². The lowest BCUT2D eigenvalue weighted by Gasteiger charge is -2.27. The number of carbonyl (C=O) groups excluding carboxylic acids is 3. The summed E-state index contributed by atoms with van der Waals surface area (Å²) in [5.41, 5.74) is 0.537. The molecule has 9 nitrogen and oxygen atoms in total. The smallest absolute Gasteiger partial charge is 0.427 e. The zero-order valence-electron chi connectivity index (χ0n) is 21.5. The molecule has 0 bridgehead atoms. The van der Waals surface area contributed by atoms with Crippen molar-refractivity contribution in [2.45, 2.75) is 52.7 Å². The number of benzene rings is 2. The molecule has 37 heavy (non-hydrogen) atoms. The first-order chi connectivity index (χ1) is 17.2. The number of hydrogen-bond donors (Lipinski definition) is 1. The number of nitrogens with one attached hydrogen (secondary N) is 1. The van der Waals surface area contributed by atoms with Gasteiger partial charge in [0.1, 0.15) is 11.2 Å². The van der Waals surface area contributed by atoms with Gasteiger partial charge in [-0.05, 0) is 84.0 Å². The van der Waals surface area contributed by atoms with Gasteiger partial charge in [-0.1, -0.05) is 28.1 Å². The van der Waals surface area contributed by atoms with E-state index in [1.807, 2.05) is 0 Å². The number of hydrogen-bond acceptors (Lipinski definition) is 7. The highest BCUT2D eigenvalue weighted by atomic mass is 79.9. The normalized spacial score (nSPS) is 11.4. The lowest BCUT2D eigenvalue weighted by atomic mass is 10.1. The van der Waals surface area contributed by atoms with E-state index in [-0.39, 0.29) is 11.9 Å². The quantitative estimate of drug-likeness (QED) is 0.367. The number of ether oxygens (including phenoxy) is 2. The van der Waals surface area contributed by atoms with Gasteiger partial charge in [0, 0.05) is 27.5 Å². The predicted molar refractivity (Wildman–Crippen MR) is 145 cm³/mol. The number of anilines is 2. The minimum Gasteiger partial charge on any atom is -0.443 e. The highest BCUT2D eigenvalue weighted by Gasteiger charge is 2.34. The largest absolute Gasteiger partial charge is 0.443 e. The summed E-state index contributed by atoms with van der Waals surface area (Å²) in [5, 5.41) is 2.84. The molecule has 0 spiro atoms. The summed E-state index contributed by atoms with van der Waals surface area (Å²) in [6.07, 6.45) is -0.474. The lowest BCUT2D eigenvalue weighted by molar-refractivity contribution is 0.0427. The molecule has 1 heterocycles. The van der Waals surface area contributed by atoms with Gasteiger partial charge in [0.05, 0.1) is 5.69 Å². The van der Waals surface area contributed by atoms with Crippen LogP contribution < -0.4 is 10.2 Å². The van der Waals surface area contributed by atoms with E-state index >= 15 is 0 Å². The molecule has 0 aliphatic carbocycles. The van der Waals surface area contributed by atoms with Crippen LogP contribution in [0.3, 0.4) is 0 Å². The second kappa shape index (κ2) is 11.1. The van der Waals surface area contributed by atoms with E-state index in [4.69, 9.17) is 9.47 Å². The fourth-order valence-electron chi connectivity index (χ4n) is 3.00. The number of aromatic nitrogens is 2. The summed E-state index contributed by atoms with van der Waals surface area (Å²) in [6, 6.07) is 15.6. The lowest BCUT2D eigenvalue weighted by Crippen LogP contribution is -2.44. The van der Waals surface area contributed by atoms with Crippen molar-refractivity contribution in [2.75, 3.05) is 10.2 Å². The molecule has 3 aromatic rings.